The highest BCUT2D eigenvalue weighted by Crippen LogP contribution is 2.21. The minimum atomic E-state index is -1.11. The van der Waals surface area contributed by atoms with Crippen molar-refractivity contribution in [2.45, 2.75) is 38.8 Å². The Morgan fingerprint density at radius 2 is 1.68 bits per heavy atom. The maximum absolute atomic E-state index is 12.6. The van der Waals surface area contributed by atoms with Gasteiger partial charge in [0, 0.05) is 18.4 Å². The van der Waals surface area contributed by atoms with Crippen molar-refractivity contribution < 1.29 is 24.2 Å². The van der Waals surface area contributed by atoms with Crippen LogP contribution in [0, 0.1) is 13.8 Å². The first-order chi connectivity index (χ1) is 13.4. The Morgan fingerprint density at radius 1 is 1.07 bits per heavy atom. The molecule has 3 rings (SSSR count). The number of hydrogen-bond acceptors (Lipinski definition) is 4. The van der Waals surface area contributed by atoms with Crippen molar-refractivity contribution in [3.05, 3.63) is 64.7 Å². The summed E-state index contributed by atoms with van der Waals surface area (Å²) < 4.78 is 11.2. The van der Waals surface area contributed by atoms with Crippen molar-refractivity contribution in [1.29, 1.82) is 0 Å². The number of rotatable bonds is 6. The number of carbonyl (C=O) groups is 2. The number of aryl methyl sites for hydroxylation is 2. The Bertz CT molecular complexity index is 820. The summed E-state index contributed by atoms with van der Waals surface area (Å²) in [5.41, 5.74) is 2.84. The molecule has 6 heteroatoms. The van der Waals surface area contributed by atoms with Crippen LogP contribution in [0.25, 0.3) is 0 Å². The smallest absolute Gasteiger partial charge is 0.330 e. The lowest BCUT2D eigenvalue weighted by Gasteiger charge is -2.23. The third-order valence-corrected chi connectivity index (χ3v) is 4.69. The van der Waals surface area contributed by atoms with Crippen LogP contribution in [0.5, 0.6) is 5.75 Å². The van der Waals surface area contributed by atoms with E-state index >= 15 is 0 Å². The zero-order valence-corrected chi connectivity index (χ0v) is 16.1. The summed E-state index contributed by atoms with van der Waals surface area (Å²) >= 11 is 0. The summed E-state index contributed by atoms with van der Waals surface area (Å²) in [6.07, 6.45) is 1.81. The van der Waals surface area contributed by atoms with Crippen molar-refractivity contribution in [1.82, 2.24) is 5.32 Å². The first-order valence-electron chi connectivity index (χ1n) is 9.38. The van der Waals surface area contributed by atoms with Gasteiger partial charge in [-0.15, -0.1) is 0 Å². The molecule has 0 saturated carbocycles. The van der Waals surface area contributed by atoms with Crippen molar-refractivity contribution in [3.8, 4) is 5.75 Å². The molecule has 0 radical (unpaired) electrons. The Balaban J connectivity index is 1.68. The number of amides is 1. The molecule has 1 unspecified atom stereocenters. The van der Waals surface area contributed by atoms with Crippen LogP contribution >= 0.6 is 0 Å². The zero-order chi connectivity index (χ0) is 20.1. The van der Waals surface area contributed by atoms with Gasteiger partial charge in [-0.1, -0.05) is 29.3 Å². The zero-order valence-electron chi connectivity index (χ0n) is 16.1. The van der Waals surface area contributed by atoms with Crippen LogP contribution < -0.4 is 10.1 Å². The second kappa shape index (κ2) is 8.89. The predicted octanol–water partition coefficient (Wildman–Crippen LogP) is 3.42. The van der Waals surface area contributed by atoms with E-state index < -0.39 is 17.9 Å². The second-order valence-corrected chi connectivity index (χ2v) is 7.12. The molecule has 0 aromatic heterocycles. The Morgan fingerprint density at radius 3 is 2.25 bits per heavy atom. The number of ether oxygens (including phenoxy) is 2. The van der Waals surface area contributed by atoms with Crippen LogP contribution in [0.2, 0.25) is 0 Å². The maximum atomic E-state index is 12.6. The highest BCUT2D eigenvalue weighted by Gasteiger charge is 2.23. The second-order valence-electron chi connectivity index (χ2n) is 7.12. The predicted molar refractivity (Wildman–Crippen MR) is 105 cm³/mol. The van der Waals surface area contributed by atoms with Crippen LogP contribution in [-0.4, -0.2) is 36.3 Å². The molecule has 1 fully saturated rings. The Labute approximate surface area is 164 Å². The minimum absolute atomic E-state index is 0.120. The quantitative estimate of drug-likeness (QED) is 0.798. The molecule has 6 nitrogen and oxygen atoms in total. The van der Waals surface area contributed by atoms with Crippen molar-refractivity contribution in [2.24, 2.45) is 0 Å². The molecule has 2 aromatic carbocycles. The van der Waals surface area contributed by atoms with E-state index in [1.54, 1.807) is 36.4 Å². The molecule has 0 aliphatic carbocycles. The van der Waals surface area contributed by atoms with Crippen LogP contribution in [0.3, 0.4) is 0 Å². The van der Waals surface area contributed by atoms with Gasteiger partial charge in [0.15, 0.2) is 6.04 Å². The lowest BCUT2D eigenvalue weighted by molar-refractivity contribution is -0.139. The molecule has 148 valence electrons. The summed E-state index contributed by atoms with van der Waals surface area (Å²) in [5.74, 6) is -0.852. The molecule has 28 heavy (non-hydrogen) atoms. The van der Waals surface area contributed by atoms with Crippen molar-refractivity contribution >= 4 is 11.9 Å². The Hall–Kier alpha value is -2.86. The van der Waals surface area contributed by atoms with E-state index in [9.17, 15) is 14.7 Å². The van der Waals surface area contributed by atoms with E-state index in [-0.39, 0.29) is 6.10 Å². The molecular weight excluding hydrogens is 358 g/mol. The molecular formula is C22H25NO5. The largest absolute Gasteiger partial charge is 0.490 e. The summed E-state index contributed by atoms with van der Waals surface area (Å²) in [4.78, 5) is 24.3. The fourth-order valence-corrected chi connectivity index (χ4v) is 3.35. The minimum Gasteiger partial charge on any atom is -0.490 e. The average molecular weight is 383 g/mol. The van der Waals surface area contributed by atoms with Gasteiger partial charge >= 0.3 is 5.97 Å². The third kappa shape index (κ3) is 5.10. The first-order valence-corrected chi connectivity index (χ1v) is 9.38. The highest BCUT2D eigenvalue weighted by atomic mass is 16.5. The standard InChI is InChI=1S/C22H25NO5/c1-14-11-15(2)13-17(12-14)20(22(25)26)23-21(24)16-3-5-18(6-4-16)28-19-7-9-27-10-8-19/h3-6,11-13,19-20H,7-10H2,1-2H3,(H,23,24)(H,25,26). The topological polar surface area (TPSA) is 84.9 Å². The molecule has 1 amide bonds. The van der Waals surface area contributed by atoms with E-state index in [1.807, 2.05) is 19.9 Å². The van der Waals surface area contributed by atoms with E-state index in [0.29, 0.717) is 30.1 Å². The van der Waals surface area contributed by atoms with Gasteiger partial charge in [0.2, 0.25) is 0 Å². The number of carboxylic acids is 1. The monoisotopic (exact) mass is 383 g/mol. The van der Waals surface area contributed by atoms with Gasteiger partial charge in [-0.05, 0) is 43.7 Å². The third-order valence-electron chi connectivity index (χ3n) is 4.69. The van der Waals surface area contributed by atoms with E-state index in [4.69, 9.17) is 9.47 Å². The van der Waals surface area contributed by atoms with E-state index in [1.165, 1.54) is 0 Å². The fourth-order valence-electron chi connectivity index (χ4n) is 3.35. The van der Waals surface area contributed by atoms with Crippen LogP contribution in [-0.2, 0) is 9.53 Å². The molecule has 1 aliphatic rings. The molecule has 1 heterocycles. The summed E-state index contributed by atoms with van der Waals surface area (Å²) in [6.45, 7) is 5.18. The molecule has 0 bridgehead atoms. The molecule has 2 N–H and O–H groups in total. The number of hydrogen-bond donors (Lipinski definition) is 2. The van der Waals surface area contributed by atoms with Gasteiger partial charge in [0.25, 0.3) is 5.91 Å². The summed E-state index contributed by atoms with van der Waals surface area (Å²) in [7, 11) is 0. The fraction of sp³-hybridized carbons (Fsp3) is 0.364. The van der Waals surface area contributed by atoms with Crippen LogP contribution in [0.15, 0.2) is 42.5 Å². The van der Waals surface area contributed by atoms with Gasteiger partial charge in [-0.3, -0.25) is 4.79 Å². The van der Waals surface area contributed by atoms with E-state index in [0.717, 1.165) is 24.0 Å². The number of carboxylic acid groups (broad SMARTS) is 1. The number of nitrogens with one attached hydrogen (secondary N) is 1. The van der Waals surface area contributed by atoms with Crippen molar-refractivity contribution in [3.63, 3.8) is 0 Å². The van der Waals surface area contributed by atoms with Gasteiger partial charge in [-0.25, -0.2) is 4.79 Å². The SMILES string of the molecule is Cc1cc(C)cc(C(NC(=O)c2ccc(OC3CCOCC3)cc2)C(=O)O)c1. The van der Waals surface area contributed by atoms with Gasteiger partial charge in [-0.2, -0.15) is 0 Å². The number of carbonyl (C=O) groups excluding carboxylic acids is 1. The van der Waals surface area contributed by atoms with Gasteiger partial charge < -0.3 is 19.9 Å². The number of benzene rings is 2. The number of aliphatic carboxylic acids is 1. The average Bonchev–Trinajstić information content (AvgIpc) is 2.66. The Kier molecular flexibility index (Phi) is 6.31. The molecule has 1 atom stereocenters. The van der Waals surface area contributed by atoms with Gasteiger partial charge in [0.05, 0.1) is 13.2 Å². The summed E-state index contributed by atoms with van der Waals surface area (Å²) in [5, 5.41) is 12.2. The highest BCUT2D eigenvalue weighted by molar-refractivity contribution is 5.96. The van der Waals surface area contributed by atoms with Crippen LogP contribution in [0.1, 0.15) is 45.9 Å². The van der Waals surface area contributed by atoms with Gasteiger partial charge in [0.1, 0.15) is 11.9 Å². The maximum Gasteiger partial charge on any atom is 0.330 e. The molecule has 1 aliphatic heterocycles. The summed E-state index contributed by atoms with van der Waals surface area (Å²) in [6, 6.07) is 11.2. The van der Waals surface area contributed by atoms with Crippen LogP contribution in [0.4, 0.5) is 0 Å². The molecule has 0 spiro atoms. The lowest BCUT2D eigenvalue weighted by atomic mass is 10.0. The lowest BCUT2D eigenvalue weighted by Crippen LogP contribution is -2.33. The normalized spacial score (nSPS) is 15.6. The van der Waals surface area contributed by atoms with E-state index in [2.05, 4.69) is 5.32 Å². The first kappa shape index (κ1) is 19.9. The molecule has 1 saturated heterocycles. The molecule has 2 aromatic rings. The van der Waals surface area contributed by atoms with Crippen molar-refractivity contribution in [2.75, 3.05) is 13.2 Å².